The molecule has 0 saturated carbocycles. The molecular formula is C16H14N4O2S. The van der Waals surface area contributed by atoms with Gasteiger partial charge in [0.1, 0.15) is 0 Å². The normalized spacial score (nSPS) is 10.5. The van der Waals surface area contributed by atoms with Crippen LogP contribution in [-0.4, -0.2) is 26.8 Å². The number of anilines is 1. The highest BCUT2D eigenvalue weighted by molar-refractivity contribution is 8.13. The number of nitrogens with one attached hydrogen (secondary N) is 1. The molecule has 0 bridgehead atoms. The lowest BCUT2D eigenvalue weighted by atomic mass is 10.2. The van der Waals surface area contributed by atoms with Gasteiger partial charge in [0.2, 0.25) is 11.0 Å². The maximum absolute atomic E-state index is 12.0. The first-order chi connectivity index (χ1) is 11.2. The lowest BCUT2D eigenvalue weighted by Crippen LogP contribution is -2.11. The molecule has 3 aromatic rings. The SMILES string of the molecule is Cc1ccccc1NCC(=O)Sc1nnc(-c2ccncc2)o1. The van der Waals surface area contributed by atoms with Gasteiger partial charge in [-0.15, -0.1) is 10.2 Å². The number of aromatic nitrogens is 3. The summed E-state index contributed by atoms with van der Waals surface area (Å²) >= 11 is 0.927. The van der Waals surface area contributed by atoms with Gasteiger partial charge in [0.15, 0.2) is 0 Å². The van der Waals surface area contributed by atoms with Crippen LogP contribution in [0.5, 0.6) is 0 Å². The van der Waals surface area contributed by atoms with Gasteiger partial charge in [0.25, 0.3) is 5.22 Å². The summed E-state index contributed by atoms with van der Waals surface area (Å²) in [7, 11) is 0. The topological polar surface area (TPSA) is 80.9 Å². The van der Waals surface area contributed by atoms with Crippen LogP contribution in [0.2, 0.25) is 0 Å². The van der Waals surface area contributed by atoms with Gasteiger partial charge in [-0.3, -0.25) is 9.78 Å². The number of para-hydroxylation sites is 1. The van der Waals surface area contributed by atoms with E-state index in [1.165, 1.54) is 0 Å². The van der Waals surface area contributed by atoms with Crippen molar-refractivity contribution in [2.75, 3.05) is 11.9 Å². The predicted molar refractivity (Wildman–Crippen MR) is 88.1 cm³/mol. The van der Waals surface area contributed by atoms with Crippen LogP contribution in [0.15, 0.2) is 58.4 Å². The Labute approximate surface area is 137 Å². The van der Waals surface area contributed by atoms with Gasteiger partial charge in [-0.2, -0.15) is 0 Å². The fourth-order valence-corrected chi connectivity index (χ4v) is 2.48. The van der Waals surface area contributed by atoms with E-state index in [1.54, 1.807) is 24.5 Å². The molecule has 0 saturated heterocycles. The van der Waals surface area contributed by atoms with E-state index in [9.17, 15) is 4.79 Å². The first kappa shape index (κ1) is 15.2. The average molecular weight is 326 g/mol. The number of hydrogen-bond donors (Lipinski definition) is 1. The number of hydrogen-bond acceptors (Lipinski definition) is 7. The highest BCUT2D eigenvalue weighted by Gasteiger charge is 2.13. The van der Waals surface area contributed by atoms with Gasteiger partial charge in [-0.1, -0.05) is 18.2 Å². The second-order valence-electron chi connectivity index (χ2n) is 4.75. The molecule has 6 nitrogen and oxygen atoms in total. The quantitative estimate of drug-likeness (QED) is 0.721. The number of nitrogens with zero attached hydrogens (tertiary/aromatic N) is 3. The number of thioether (sulfide) groups is 1. The molecule has 0 atom stereocenters. The monoisotopic (exact) mass is 326 g/mol. The maximum Gasteiger partial charge on any atom is 0.284 e. The summed E-state index contributed by atoms with van der Waals surface area (Å²) in [6, 6.07) is 11.3. The zero-order valence-corrected chi connectivity index (χ0v) is 13.2. The molecule has 3 rings (SSSR count). The zero-order chi connectivity index (χ0) is 16.1. The molecule has 116 valence electrons. The standard InChI is InChI=1S/C16H14N4O2S/c1-11-4-2-3-5-13(11)18-10-14(21)23-16-20-19-15(22-16)12-6-8-17-9-7-12/h2-9,18H,10H2,1H3. The van der Waals surface area contributed by atoms with Gasteiger partial charge in [-0.05, 0) is 30.7 Å². The van der Waals surface area contributed by atoms with Crippen molar-refractivity contribution in [1.29, 1.82) is 0 Å². The third-order valence-corrected chi connectivity index (χ3v) is 3.81. The summed E-state index contributed by atoms with van der Waals surface area (Å²) in [5, 5.41) is 11.1. The molecule has 0 spiro atoms. The predicted octanol–water partition coefficient (Wildman–Crippen LogP) is 3.17. The molecule has 1 aromatic carbocycles. The Kier molecular flexibility index (Phi) is 4.68. The minimum absolute atomic E-state index is 0.0989. The molecule has 0 aliphatic heterocycles. The Morgan fingerprint density at radius 1 is 1.17 bits per heavy atom. The molecule has 23 heavy (non-hydrogen) atoms. The lowest BCUT2D eigenvalue weighted by Gasteiger charge is -2.07. The molecular weight excluding hydrogens is 312 g/mol. The number of carbonyl (C=O) groups is 1. The van der Waals surface area contributed by atoms with Crippen molar-refractivity contribution in [2.45, 2.75) is 12.1 Å². The van der Waals surface area contributed by atoms with Gasteiger partial charge >= 0.3 is 0 Å². The third-order valence-electron chi connectivity index (χ3n) is 3.10. The van der Waals surface area contributed by atoms with Gasteiger partial charge in [0.05, 0.1) is 6.54 Å². The van der Waals surface area contributed by atoms with Crippen LogP contribution in [0.1, 0.15) is 5.56 Å². The molecule has 0 amide bonds. The molecule has 0 fully saturated rings. The highest BCUT2D eigenvalue weighted by atomic mass is 32.2. The minimum atomic E-state index is -0.0989. The summed E-state index contributed by atoms with van der Waals surface area (Å²) in [4.78, 5) is 15.9. The summed E-state index contributed by atoms with van der Waals surface area (Å²) in [6.45, 7) is 2.17. The van der Waals surface area contributed by atoms with Crippen LogP contribution in [0.3, 0.4) is 0 Å². The molecule has 7 heteroatoms. The van der Waals surface area contributed by atoms with Crippen molar-refractivity contribution in [3.63, 3.8) is 0 Å². The van der Waals surface area contributed by atoms with E-state index in [0.29, 0.717) is 5.89 Å². The van der Waals surface area contributed by atoms with E-state index in [0.717, 1.165) is 28.6 Å². The number of pyridine rings is 1. The smallest absolute Gasteiger partial charge is 0.284 e. The number of carbonyl (C=O) groups excluding carboxylic acids is 1. The van der Waals surface area contributed by atoms with E-state index in [2.05, 4.69) is 20.5 Å². The summed E-state index contributed by atoms with van der Waals surface area (Å²) in [6.07, 6.45) is 3.28. The summed E-state index contributed by atoms with van der Waals surface area (Å²) < 4.78 is 5.48. The Morgan fingerprint density at radius 2 is 1.96 bits per heavy atom. The molecule has 0 unspecified atom stereocenters. The fraction of sp³-hybridized carbons (Fsp3) is 0.125. The molecule has 0 aliphatic rings. The molecule has 1 N–H and O–H groups in total. The lowest BCUT2D eigenvalue weighted by molar-refractivity contribution is -0.109. The van der Waals surface area contributed by atoms with Gasteiger partial charge in [-0.25, -0.2) is 0 Å². The van der Waals surface area contributed by atoms with Crippen molar-refractivity contribution in [3.05, 3.63) is 54.4 Å². The minimum Gasteiger partial charge on any atom is -0.411 e. The Balaban J connectivity index is 1.58. The molecule has 2 aromatic heterocycles. The average Bonchev–Trinajstić information content (AvgIpc) is 3.03. The van der Waals surface area contributed by atoms with Crippen LogP contribution < -0.4 is 5.32 Å². The van der Waals surface area contributed by atoms with Gasteiger partial charge < -0.3 is 9.73 Å². The molecule has 0 aliphatic carbocycles. The van der Waals surface area contributed by atoms with E-state index >= 15 is 0 Å². The largest absolute Gasteiger partial charge is 0.411 e. The number of aryl methyl sites for hydroxylation is 1. The zero-order valence-electron chi connectivity index (χ0n) is 12.4. The van der Waals surface area contributed by atoms with Crippen molar-refractivity contribution < 1.29 is 9.21 Å². The van der Waals surface area contributed by atoms with Crippen LogP contribution in [0, 0.1) is 6.92 Å². The highest BCUT2D eigenvalue weighted by Crippen LogP contribution is 2.23. The van der Waals surface area contributed by atoms with Crippen LogP contribution in [0.25, 0.3) is 11.5 Å². The van der Waals surface area contributed by atoms with Crippen molar-refractivity contribution in [3.8, 4) is 11.5 Å². The Bertz CT molecular complexity index is 805. The van der Waals surface area contributed by atoms with Crippen molar-refractivity contribution >= 4 is 22.6 Å². The van der Waals surface area contributed by atoms with E-state index in [4.69, 9.17) is 4.42 Å². The Morgan fingerprint density at radius 3 is 2.74 bits per heavy atom. The van der Waals surface area contributed by atoms with E-state index < -0.39 is 0 Å². The summed E-state index contributed by atoms with van der Waals surface area (Å²) in [5.74, 6) is 0.370. The molecule has 0 radical (unpaired) electrons. The Hall–Kier alpha value is -2.67. The third kappa shape index (κ3) is 3.95. The van der Waals surface area contributed by atoms with Crippen molar-refractivity contribution in [1.82, 2.24) is 15.2 Å². The fourth-order valence-electron chi connectivity index (χ4n) is 1.93. The second-order valence-corrected chi connectivity index (χ2v) is 5.76. The summed E-state index contributed by atoms with van der Waals surface area (Å²) in [5.41, 5.74) is 2.79. The maximum atomic E-state index is 12.0. The first-order valence-electron chi connectivity index (χ1n) is 6.96. The van der Waals surface area contributed by atoms with Crippen LogP contribution in [0.4, 0.5) is 5.69 Å². The van der Waals surface area contributed by atoms with Crippen LogP contribution >= 0.6 is 11.8 Å². The first-order valence-corrected chi connectivity index (χ1v) is 7.78. The van der Waals surface area contributed by atoms with Gasteiger partial charge in [0, 0.05) is 35.4 Å². The second kappa shape index (κ2) is 7.06. The van der Waals surface area contributed by atoms with E-state index in [-0.39, 0.29) is 16.9 Å². The number of rotatable bonds is 5. The van der Waals surface area contributed by atoms with Crippen LogP contribution in [-0.2, 0) is 4.79 Å². The molecule has 2 heterocycles. The van der Waals surface area contributed by atoms with Crippen molar-refractivity contribution in [2.24, 2.45) is 0 Å². The van der Waals surface area contributed by atoms with E-state index in [1.807, 2.05) is 31.2 Å². The number of benzene rings is 1.